The molecule has 0 bridgehead atoms. The van der Waals surface area contributed by atoms with E-state index in [1.165, 1.54) is 4.68 Å². The van der Waals surface area contributed by atoms with Crippen LogP contribution in [0.5, 0.6) is 0 Å². The van der Waals surface area contributed by atoms with Crippen LogP contribution in [0.2, 0.25) is 0 Å². The molecule has 1 aromatic heterocycles. The minimum Gasteiger partial charge on any atom is -0.353 e. The van der Waals surface area contributed by atoms with Crippen LogP contribution in [0.4, 0.5) is 0 Å². The average molecular weight is 337 g/mol. The van der Waals surface area contributed by atoms with Crippen molar-refractivity contribution in [3.05, 3.63) is 16.3 Å². The topological polar surface area (TPSA) is 72.2 Å². The molecule has 0 unspecified atom stereocenters. The molecule has 1 aliphatic heterocycles. The van der Waals surface area contributed by atoms with Gasteiger partial charge < -0.3 is 5.32 Å². The quantitative estimate of drug-likeness (QED) is 0.806. The lowest BCUT2D eigenvalue weighted by Crippen LogP contribution is -2.43. The monoisotopic (exact) mass is 337 g/mol. The molecule has 0 saturated carbocycles. The van der Waals surface area contributed by atoms with Gasteiger partial charge >= 0.3 is 5.69 Å². The first kappa shape index (κ1) is 18.7. The van der Waals surface area contributed by atoms with Crippen LogP contribution in [-0.2, 0) is 24.3 Å². The first-order valence-electron chi connectivity index (χ1n) is 9.09. The van der Waals surface area contributed by atoms with Crippen LogP contribution in [0, 0.1) is 0 Å². The van der Waals surface area contributed by atoms with Gasteiger partial charge in [-0.2, -0.15) is 5.10 Å². The Bertz CT molecular complexity index is 595. The van der Waals surface area contributed by atoms with E-state index >= 15 is 0 Å². The van der Waals surface area contributed by atoms with Gasteiger partial charge in [0.1, 0.15) is 12.4 Å². The van der Waals surface area contributed by atoms with E-state index in [0.29, 0.717) is 25.2 Å². The third-order valence-electron chi connectivity index (χ3n) is 4.59. The molecule has 1 aromatic rings. The highest BCUT2D eigenvalue weighted by atomic mass is 16.2. The van der Waals surface area contributed by atoms with E-state index in [1.54, 1.807) is 4.57 Å². The third-order valence-corrected chi connectivity index (χ3v) is 4.59. The van der Waals surface area contributed by atoms with Crippen molar-refractivity contribution in [1.82, 2.24) is 24.6 Å². The number of aromatic nitrogens is 3. The average Bonchev–Trinajstić information content (AvgIpc) is 2.68. The number of carbonyl (C=O) groups is 1. The van der Waals surface area contributed by atoms with Crippen molar-refractivity contribution in [3.63, 3.8) is 0 Å². The van der Waals surface area contributed by atoms with Gasteiger partial charge in [0.05, 0.1) is 0 Å². The number of hydrogen-bond donors (Lipinski definition) is 1. The van der Waals surface area contributed by atoms with Crippen LogP contribution in [-0.4, -0.2) is 50.3 Å². The van der Waals surface area contributed by atoms with Crippen molar-refractivity contribution in [2.75, 3.05) is 13.1 Å². The second-order valence-electron chi connectivity index (χ2n) is 7.09. The largest absolute Gasteiger partial charge is 0.353 e. The number of aryl methyl sites for hydroxylation is 1. The second-order valence-corrected chi connectivity index (χ2v) is 7.09. The second kappa shape index (κ2) is 8.46. The zero-order valence-corrected chi connectivity index (χ0v) is 15.4. The summed E-state index contributed by atoms with van der Waals surface area (Å²) in [6, 6.07) is 0.877. The summed E-state index contributed by atoms with van der Waals surface area (Å²) in [5.41, 5.74) is -0.159. The number of fused-ring (bicyclic) bond motifs is 1. The molecule has 0 fully saturated rings. The van der Waals surface area contributed by atoms with Crippen molar-refractivity contribution in [2.45, 2.75) is 78.6 Å². The smallest absolute Gasteiger partial charge is 0.346 e. The van der Waals surface area contributed by atoms with E-state index < -0.39 is 0 Å². The molecule has 7 heteroatoms. The van der Waals surface area contributed by atoms with Gasteiger partial charge in [-0.3, -0.25) is 14.3 Å². The van der Waals surface area contributed by atoms with Gasteiger partial charge in [-0.05, 0) is 40.5 Å². The fourth-order valence-corrected chi connectivity index (χ4v) is 3.36. The first-order valence-corrected chi connectivity index (χ1v) is 9.09. The molecule has 1 amide bonds. The summed E-state index contributed by atoms with van der Waals surface area (Å²) < 4.78 is 3.03. The Kier molecular flexibility index (Phi) is 6.60. The van der Waals surface area contributed by atoms with Gasteiger partial charge in [-0.25, -0.2) is 9.48 Å². The van der Waals surface area contributed by atoms with E-state index in [0.717, 1.165) is 38.1 Å². The van der Waals surface area contributed by atoms with Gasteiger partial charge in [0.25, 0.3) is 0 Å². The molecular weight excluding hydrogens is 306 g/mol. The standard InChI is InChI=1S/C17H31N5O2/c1-13(2)20(14(3)4)11-9-18-16(23)12-22-17(24)21-10-7-5-6-8-15(21)19-22/h13-14H,5-12H2,1-4H3,(H,18,23). The maximum absolute atomic E-state index is 12.3. The van der Waals surface area contributed by atoms with Crippen molar-refractivity contribution in [1.29, 1.82) is 0 Å². The minimum absolute atomic E-state index is 0.00217. The highest BCUT2D eigenvalue weighted by molar-refractivity contribution is 5.75. The Balaban J connectivity index is 1.88. The summed E-state index contributed by atoms with van der Waals surface area (Å²) in [7, 11) is 0. The number of hydrogen-bond acceptors (Lipinski definition) is 4. The summed E-state index contributed by atoms with van der Waals surface area (Å²) in [6.07, 6.45) is 4.01. The SMILES string of the molecule is CC(C)N(CCNC(=O)Cn1nc2n(c1=O)CCCCC2)C(C)C. The molecule has 1 N–H and O–H groups in total. The number of nitrogens with one attached hydrogen (secondary N) is 1. The molecule has 1 aliphatic rings. The summed E-state index contributed by atoms with van der Waals surface area (Å²) >= 11 is 0. The van der Waals surface area contributed by atoms with Gasteiger partial charge in [0, 0.05) is 38.1 Å². The lowest BCUT2D eigenvalue weighted by atomic mass is 10.2. The zero-order valence-electron chi connectivity index (χ0n) is 15.4. The van der Waals surface area contributed by atoms with E-state index in [2.05, 4.69) is 43.0 Å². The number of carbonyl (C=O) groups excluding carboxylic acids is 1. The minimum atomic E-state index is -0.159. The molecule has 0 aliphatic carbocycles. The maximum Gasteiger partial charge on any atom is 0.346 e. The molecule has 7 nitrogen and oxygen atoms in total. The van der Waals surface area contributed by atoms with Crippen molar-refractivity contribution >= 4 is 5.91 Å². The summed E-state index contributed by atoms with van der Waals surface area (Å²) in [4.78, 5) is 26.8. The molecule has 0 saturated heterocycles. The van der Waals surface area contributed by atoms with E-state index in [-0.39, 0.29) is 18.1 Å². The van der Waals surface area contributed by atoms with Crippen LogP contribution in [0.1, 0.15) is 52.8 Å². The van der Waals surface area contributed by atoms with Gasteiger partial charge in [0.15, 0.2) is 0 Å². The normalized spacial score (nSPS) is 15.0. The van der Waals surface area contributed by atoms with E-state index in [1.807, 2.05) is 0 Å². The number of nitrogens with zero attached hydrogens (tertiary/aromatic N) is 4. The Morgan fingerprint density at radius 2 is 1.92 bits per heavy atom. The van der Waals surface area contributed by atoms with E-state index in [4.69, 9.17) is 0 Å². The number of amides is 1. The van der Waals surface area contributed by atoms with Crippen molar-refractivity contribution < 1.29 is 4.79 Å². The van der Waals surface area contributed by atoms with Gasteiger partial charge in [0.2, 0.25) is 5.91 Å². The zero-order chi connectivity index (χ0) is 17.7. The third kappa shape index (κ3) is 4.69. The molecule has 0 aromatic carbocycles. The molecule has 0 spiro atoms. The molecule has 0 radical (unpaired) electrons. The molecule has 2 heterocycles. The Hall–Kier alpha value is -1.63. The molecule has 136 valence electrons. The fraction of sp³-hybridized carbons (Fsp3) is 0.824. The summed E-state index contributed by atoms with van der Waals surface area (Å²) in [5, 5.41) is 7.25. The molecule has 2 rings (SSSR count). The highest BCUT2D eigenvalue weighted by Crippen LogP contribution is 2.10. The van der Waals surface area contributed by atoms with Crippen LogP contribution in [0.25, 0.3) is 0 Å². The van der Waals surface area contributed by atoms with Crippen LogP contribution < -0.4 is 11.0 Å². The predicted molar refractivity (Wildman–Crippen MR) is 94.0 cm³/mol. The predicted octanol–water partition coefficient (Wildman–Crippen LogP) is 1.01. The van der Waals surface area contributed by atoms with Crippen LogP contribution >= 0.6 is 0 Å². The summed E-state index contributed by atoms with van der Waals surface area (Å²) in [5.74, 6) is 0.661. The van der Waals surface area contributed by atoms with Crippen LogP contribution in [0.3, 0.4) is 0 Å². The van der Waals surface area contributed by atoms with Crippen molar-refractivity contribution in [2.24, 2.45) is 0 Å². The molecular formula is C17H31N5O2. The summed E-state index contributed by atoms with van der Waals surface area (Å²) in [6.45, 7) is 10.7. The van der Waals surface area contributed by atoms with E-state index in [9.17, 15) is 9.59 Å². The lowest BCUT2D eigenvalue weighted by molar-refractivity contribution is -0.122. The molecule has 0 atom stereocenters. The Morgan fingerprint density at radius 1 is 1.21 bits per heavy atom. The highest BCUT2D eigenvalue weighted by Gasteiger charge is 2.17. The Morgan fingerprint density at radius 3 is 2.58 bits per heavy atom. The van der Waals surface area contributed by atoms with Crippen LogP contribution in [0.15, 0.2) is 4.79 Å². The fourth-order valence-electron chi connectivity index (χ4n) is 3.36. The Labute approximate surface area is 144 Å². The van der Waals surface area contributed by atoms with Crippen molar-refractivity contribution in [3.8, 4) is 0 Å². The maximum atomic E-state index is 12.3. The van der Waals surface area contributed by atoms with Gasteiger partial charge in [-0.1, -0.05) is 6.42 Å². The molecule has 24 heavy (non-hydrogen) atoms. The van der Waals surface area contributed by atoms with Gasteiger partial charge in [-0.15, -0.1) is 0 Å². The number of rotatable bonds is 7. The lowest BCUT2D eigenvalue weighted by Gasteiger charge is -2.30. The first-order chi connectivity index (χ1) is 11.4.